The SMILES string of the molecule is CS(=O)c1c(O)cccc1Cl. The number of halogens is 1. The Morgan fingerprint density at radius 3 is 2.55 bits per heavy atom. The van der Waals surface area contributed by atoms with E-state index in [4.69, 9.17) is 11.6 Å². The molecule has 2 nitrogen and oxygen atoms in total. The number of benzene rings is 1. The first-order valence-electron chi connectivity index (χ1n) is 2.94. The Morgan fingerprint density at radius 1 is 1.55 bits per heavy atom. The molecule has 0 saturated heterocycles. The average molecular weight is 191 g/mol. The molecule has 0 aromatic heterocycles. The summed E-state index contributed by atoms with van der Waals surface area (Å²) in [5.41, 5.74) is 0. The maximum Gasteiger partial charge on any atom is 0.133 e. The lowest BCUT2D eigenvalue weighted by atomic mass is 10.3. The number of phenols is 1. The monoisotopic (exact) mass is 190 g/mol. The van der Waals surface area contributed by atoms with E-state index in [1.807, 2.05) is 0 Å². The quantitative estimate of drug-likeness (QED) is 0.733. The Hall–Kier alpha value is -0.540. The highest BCUT2D eigenvalue weighted by molar-refractivity contribution is 7.84. The van der Waals surface area contributed by atoms with Crippen LogP contribution in [0.2, 0.25) is 5.02 Å². The summed E-state index contributed by atoms with van der Waals surface area (Å²) in [7, 11) is -1.23. The van der Waals surface area contributed by atoms with Crippen molar-refractivity contribution in [2.24, 2.45) is 0 Å². The third-order valence-corrected chi connectivity index (χ3v) is 2.66. The summed E-state index contributed by atoms with van der Waals surface area (Å²) in [6, 6.07) is 4.66. The van der Waals surface area contributed by atoms with Gasteiger partial charge in [0.05, 0.1) is 20.7 Å². The second-order valence-electron chi connectivity index (χ2n) is 2.04. The summed E-state index contributed by atoms with van der Waals surface area (Å²) >= 11 is 5.67. The predicted molar refractivity (Wildman–Crippen MR) is 45.4 cm³/mol. The molecule has 0 bridgehead atoms. The summed E-state index contributed by atoms with van der Waals surface area (Å²) in [5, 5.41) is 9.52. The minimum atomic E-state index is -1.23. The van der Waals surface area contributed by atoms with Crippen LogP contribution < -0.4 is 0 Å². The van der Waals surface area contributed by atoms with Gasteiger partial charge < -0.3 is 5.11 Å². The van der Waals surface area contributed by atoms with Gasteiger partial charge in [-0.2, -0.15) is 0 Å². The zero-order valence-electron chi connectivity index (χ0n) is 5.87. The fourth-order valence-electron chi connectivity index (χ4n) is 0.782. The first-order chi connectivity index (χ1) is 5.13. The Kier molecular flexibility index (Phi) is 2.52. The van der Waals surface area contributed by atoms with E-state index in [9.17, 15) is 9.32 Å². The molecule has 0 radical (unpaired) electrons. The van der Waals surface area contributed by atoms with E-state index < -0.39 is 10.8 Å². The third-order valence-electron chi connectivity index (χ3n) is 1.23. The van der Waals surface area contributed by atoms with Crippen molar-refractivity contribution in [3.8, 4) is 5.75 Å². The molecule has 0 amide bonds. The maximum atomic E-state index is 11.0. The van der Waals surface area contributed by atoms with Crippen LogP contribution in [0.5, 0.6) is 5.75 Å². The van der Waals surface area contributed by atoms with Crippen molar-refractivity contribution in [1.82, 2.24) is 0 Å². The van der Waals surface area contributed by atoms with Crippen LogP contribution in [-0.4, -0.2) is 15.6 Å². The van der Waals surface area contributed by atoms with Crippen LogP contribution >= 0.6 is 11.6 Å². The maximum absolute atomic E-state index is 11.0. The number of hydrogen-bond donors (Lipinski definition) is 1. The van der Waals surface area contributed by atoms with Crippen molar-refractivity contribution in [2.45, 2.75) is 4.90 Å². The molecule has 11 heavy (non-hydrogen) atoms. The van der Waals surface area contributed by atoms with Gasteiger partial charge in [0, 0.05) is 6.26 Å². The largest absolute Gasteiger partial charge is 0.507 e. The van der Waals surface area contributed by atoms with Crippen LogP contribution in [-0.2, 0) is 10.8 Å². The Labute approximate surface area is 72.3 Å². The zero-order valence-corrected chi connectivity index (χ0v) is 7.45. The van der Waals surface area contributed by atoms with E-state index in [2.05, 4.69) is 0 Å². The average Bonchev–Trinajstić information content (AvgIpc) is 1.85. The van der Waals surface area contributed by atoms with Gasteiger partial charge in [0.1, 0.15) is 5.75 Å². The van der Waals surface area contributed by atoms with Crippen LogP contribution in [0.3, 0.4) is 0 Å². The lowest BCUT2D eigenvalue weighted by molar-refractivity contribution is 0.461. The highest BCUT2D eigenvalue weighted by atomic mass is 35.5. The molecule has 0 spiro atoms. The number of rotatable bonds is 1. The molecule has 1 N–H and O–H groups in total. The standard InChI is InChI=1S/C7H7ClO2S/c1-11(10)7-5(8)3-2-4-6(7)9/h2-4,9H,1H3. The molecule has 0 aliphatic carbocycles. The van der Waals surface area contributed by atoms with E-state index in [1.54, 1.807) is 12.1 Å². The first kappa shape index (κ1) is 8.56. The van der Waals surface area contributed by atoms with Gasteiger partial charge in [-0.05, 0) is 12.1 Å². The van der Waals surface area contributed by atoms with Gasteiger partial charge in [0.25, 0.3) is 0 Å². The topological polar surface area (TPSA) is 37.3 Å². The molecular formula is C7H7ClO2S. The Balaban J connectivity index is 3.32. The molecule has 4 heteroatoms. The van der Waals surface area contributed by atoms with Crippen molar-refractivity contribution < 1.29 is 9.32 Å². The molecule has 1 aromatic carbocycles. The van der Waals surface area contributed by atoms with Crippen LogP contribution in [0, 0.1) is 0 Å². The molecule has 1 atom stereocenters. The van der Waals surface area contributed by atoms with E-state index in [0.717, 1.165) is 0 Å². The first-order valence-corrected chi connectivity index (χ1v) is 4.87. The normalized spacial score (nSPS) is 12.9. The molecular weight excluding hydrogens is 184 g/mol. The lowest BCUT2D eigenvalue weighted by Crippen LogP contribution is -1.88. The van der Waals surface area contributed by atoms with Gasteiger partial charge in [-0.25, -0.2) is 0 Å². The van der Waals surface area contributed by atoms with Crippen LogP contribution in [0.1, 0.15) is 0 Å². The van der Waals surface area contributed by atoms with Crippen molar-refractivity contribution in [2.75, 3.05) is 6.26 Å². The lowest BCUT2D eigenvalue weighted by Gasteiger charge is -2.01. The molecule has 0 aliphatic heterocycles. The zero-order chi connectivity index (χ0) is 8.43. The molecule has 0 saturated carbocycles. The van der Waals surface area contributed by atoms with Gasteiger partial charge in [-0.15, -0.1) is 0 Å². The second-order valence-corrected chi connectivity index (χ2v) is 3.77. The summed E-state index contributed by atoms with van der Waals surface area (Å²) in [4.78, 5) is 0.300. The fourth-order valence-corrected chi connectivity index (χ4v) is 1.98. The molecule has 1 unspecified atom stereocenters. The number of hydrogen-bond acceptors (Lipinski definition) is 2. The third kappa shape index (κ3) is 1.73. The fraction of sp³-hybridized carbons (Fsp3) is 0.143. The van der Waals surface area contributed by atoms with Crippen LogP contribution in [0.4, 0.5) is 0 Å². The van der Waals surface area contributed by atoms with Gasteiger partial charge >= 0.3 is 0 Å². The molecule has 1 rings (SSSR count). The summed E-state index contributed by atoms with van der Waals surface area (Å²) in [6.07, 6.45) is 1.47. The molecule has 0 heterocycles. The summed E-state index contributed by atoms with van der Waals surface area (Å²) in [5.74, 6) is -0.0154. The number of phenolic OH excluding ortho intramolecular Hbond substituents is 1. The highest BCUT2D eigenvalue weighted by Crippen LogP contribution is 2.27. The van der Waals surface area contributed by atoms with Crippen molar-refractivity contribution in [3.05, 3.63) is 23.2 Å². The molecule has 0 aliphatic rings. The number of aromatic hydroxyl groups is 1. The van der Waals surface area contributed by atoms with Gasteiger partial charge in [0.2, 0.25) is 0 Å². The minimum absolute atomic E-state index is 0.0154. The predicted octanol–water partition coefficient (Wildman–Crippen LogP) is 1.78. The van der Waals surface area contributed by atoms with Gasteiger partial charge in [-0.1, -0.05) is 17.7 Å². The molecule has 0 fully saturated rings. The van der Waals surface area contributed by atoms with E-state index in [0.29, 0.717) is 9.92 Å². The van der Waals surface area contributed by atoms with E-state index in [1.165, 1.54) is 12.3 Å². The second kappa shape index (κ2) is 3.24. The highest BCUT2D eigenvalue weighted by Gasteiger charge is 2.08. The van der Waals surface area contributed by atoms with Crippen LogP contribution in [0.15, 0.2) is 23.1 Å². The Bertz CT molecular complexity index is 278. The van der Waals surface area contributed by atoms with E-state index in [-0.39, 0.29) is 5.75 Å². The smallest absolute Gasteiger partial charge is 0.133 e. The summed E-state index contributed by atoms with van der Waals surface area (Å²) in [6.45, 7) is 0. The minimum Gasteiger partial charge on any atom is -0.507 e. The van der Waals surface area contributed by atoms with Crippen molar-refractivity contribution in [1.29, 1.82) is 0 Å². The van der Waals surface area contributed by atoms with Crippen LogP contribution in [0.25, 0.3) is 0 Å². The Morgan fingerprint density at radius 2 is 2.18 bits per heavy atom. The van der Waals surface area contributed by atoms with Gasteiger partial charge in [0.15, 0.2) is 0 Å². The molecule has 1 aromatic rings. The van der Waals surface area contributed by atoms with Gasteiger partial charge in [-0.3, -0.25) is 4.21 Å². The summed E-state index contributed by atoms with van der Waals surface area (Å²) < 4.78 is 11.0. The van der Waals surface area contributed by atoms with E-state index >= 15 is 0 Å². The van der Waals surface area contributed by atoms with Crippen molar-refractivity contribution >= 4 is 22.4 Å². The van der Waals surface area contributed by atoms with Crippen molar-refractivity contribution in [3.63, 3.8) is 0 Å². The molecule has 60 valence electrons.